The van der Waals surface area contributed by atoms with Crippen LogP contribution in [0.5, 0.6) is 0 Å². The standard InChI is InChI=1S/C28H31FN6O2S/c1-28(9-11-33(2)12-10-28)20-31-27-18-26(21-3-4-22(19-30)25(29)17-21)35(32-27)24-7-5-23(6-8-24)34-13-15-38(36,37)16-14-34/h3-9,11,17-18H,10,12-16,20H2,1-2H3,(H,31,32). The van der Waals surface area contributed by atoms with Crippen molar-refractivity contribution in [2.75, 3.05) is 54.9 Å². The van der Waals surface area contributed by atoms with Gasteiger partial charge in [-0.15, -0.1) is 5.10 Å². The second-order valence-electron chi connectivity index (χ2n) is 10.3. The van der Waals surface area contributed by atoms with E-state index in [9.17, 15) is 12.8 Å². The first-order chi connectivity index (χ1) is 18.1. The van der Waals surface area contributed by atoms with Crippen LogP contribution in [0.3, 0.4) is 0 Å². The van der Waals surface area contributed by atoms with Gasteiger partial charge in [0.2, 0.25) is 0 Å². The van der Waals surface area contributed by atoms with Crippen molar-refractivity contribution >= 4 is 21.3 Å². The van der Waals surface area contributed by atoms with Crippen molar-refractivity contribution in [1.82, 2.24) is 14.7 Å². The summed E-state index contributed by atoms with van der Waals surface area (Å²) in [6.45, 7) is 4.83. The molecule has 1 aromatic heterocycles. The molecule has 38 heavy (non-hydrogen) atoms. The monoisotopic (exact) mass is 534 g/mol. The maximum Gasteiger partial charge on any atom is 0.153 e. The molecule has 1 fully saturated rings. The summed E-state index contributed by atoms with van der Waals surface area (Å²) in [5, 5.41) is 17.4. The third-order valence-electron chi connectivity index (χ3n) is 7.34. The van der Waals surface area contributed by atoms with E-state index < -0.39 is 15.7 Å². The largest absolute Gasteiger partial charge is 0.381 e. The third-order valence-corrected chi connectivity index (χ3v) is 8.95. The summed E-state index contributed by atoms with van der Waals surface area (Å²) in [6.07, 6.45) is 5.33. The first kappa shape index (κ1) is 25.8. The van der Waals surface area contributed by atoms with Crippen LogP contribution in [-0.2, 0) is 9.84 Å². The second-order valence-corrected chi connectivity index (χ2v) is 12.6. The number of nitrogens with zero attached hydrogens (tertiary/aromatic N) is 5. The molecule has 0 radical (unpaired) electrons. The molecule has 0 amide bonds. The maximum atomic E-state index is 14.5. The molecule has 1 N–H and O–H groups in total. The molecule has 0 saturated carbocycles. The number of nitriles is 1. The minimum atomic E-state index is -2.96. The smallest absolute Gasteiger partial charge is 0.153 e. The van der Waals surface area contributed by atoms with E-state index in [0.717, 1.165) is 24.3 Å². The van der Waals surface area contributed by atoms with Crippen molar-refractivity contribution in [2.45, 2.75) is 13.3 Å². The van der Waals surface area contributed by atoms with Gasteiger partial charge in [0.15, 0.2) is 9.84 Å². The Morgan fingerprint density at radius 1 is 1.08 bits per heavy atom. The van der Waals surface area contributed by atoms with E-state index >= 15 is 0 Å². The van der Waals surface area contributed by atoms with Crippen LogP contribution >= 0.6 is 0 Å². The molecule has 0 aliphatic carbocycles. The lowest BCUT2D eigenvalue weighted by atomic mass is 9.84. The zero-order valence-corrected chi connectivity index (χ0v) is 22.4. The molecule has 2 aliphatic rings. The van der Waals surface area contributed by atoms with E-state index in [1.807, 2.05) is 36.4 Å². The number of hydrogen-bond acceptors (Lipinski definition) is 7. The molecule has 8 nitrogen and oxygen atoms in total. The molecule has 0 bridgehead atoms. The molecule has 198 valence electrons. The highest BCUT2D eigenvalue weighted by molar-refractivity contribution is 7.91. The number of anilines is 2. The first-order valence-electron chi connectivity index (χ1n) is 12.6. The Hall–Kier alpha value is -3.84. The number of rotatable bonds is 6. The fourth-order valence-electron chi connectivity index (χ4n) is 4.75. The minimum Gasteiger partial charge on any atom is -0.381 e. The third kappa shape index (κ3) is 5.53. The van der Waals surface area contributed by atoms with Crippen molar-refractivity contribution in [1.29, 1.82) is 5.26 Å². The summed E-state index contributed by atoms with van der Waals surface area (Å²) in [6, 6.07) is 16.1. The number of nitrogens with one attached hydrogen (secondary N) is 1. The maximum absolute atomic E-state index is 14.5. The summed E-state index contributed by atoms with van der Waals surface area (Å²) in [4.78, 5) is 4.23. The SMILES string of the molecule is CN1C=CC(C)(CNc2cc(-c3ccc(C#N)c(F)c3)n(-c3ccc(N4CCS(=O)(=O)CC4)cc3)n2)CC1. The van der Waals surface area contributed by atoms with Crippen molar-refractivity contribution in [3.8, 4) is 23.0 Å². The zero-order valence-electron chi connectivity index (χ0n) is 21.6. The molecular formula is C28H31FN6O2S. The first-order valence-corrected chi connectivity index (χ1v) is 14.5. The van der Waals surface area contributed by atoms with Gasteiger partial charge in [0, 0.05) is 56.0 Å². The van der Waals surface area contributed by atoms with Crippen molar-refractivity contribution in [3.63, 3.8) is 0 Å². The summed E-state index contributed by atoms with van der Waals surface area (Å²) in [5.74, 6) is 0.402. The van der Waals surface area contributed by atoms with Crippen LogP contribution in [0.1, 0.15) is 18.9 Å². The lowest BCUT2D eigenvalue weighted by molar-refractivity contribution is 0.303. The average molecular weight is 535 g/mol. The fourth-order valence-corrected chi connectivity index (χ4v) is 5.95. The number of aromatic nitrogens is 2. The van der Waals surface area contributed by atoms with Gasteiger partial charge < -0.3 is 15.1 Å². The number of sulfone groups is 1. The second kappa shape index (κ2) is 10.1. The molecule has 1 unspecified atom stereocenters. The normalized spacial score (nSPS) is 20.8. The van der Waals surface area contributed by atoms with Gasteiger partial charge >= 0.3 is 0 Å². The van der Waals surface area contributed by atoms with Gasteiger partial charge in [-0.1, -0.05) is 19.1 Å². The van der Waals surface area contributed by atoms with E-state index in [1.54, 1.807) is 10.7 Å². The van der Waals surface area contributed by atoms with Crippen molar-refractivity contribution in [3.05, 3.63) is 72.2 Å². The molecule has 2 aliphatic heterocycles. The van der Waals surface area contributed by atoms with Crippen LogP contribution in [0, 0.1) is 22.6 Å². The van der Waals surface area contributed by atoms with Crippen LogP contribution in [0.15, 0.2) is 60.8 Å². The Kier molecular flexibility index (Phi) is 6.88. The van der Waals surface area contributed by atoms with Crippen LogP contribution in [0.4, 0.5) is 15.9 Å². The zero-order chi connectivity index (χ0) is 26.9. The summed E-state index contributed by atoms with van der Waals surface area (Å²) >= 11 is 0. The van der Waals surface area contributed by atoms with Crippen LogP contribution in [0.25, 0.3) is 16.9 Å². The van der Waals surface area contributed by atoms with E-state index in [2.05, 4.69) is 41.4 Å². The summed E-state index contributed by atoms with van der Waals surface area (Å²) in [7, 11) is -0.896. The molecule has 0 spiro atoms. The van der Waals surface area contributed by atoms with Crippen molar-refractivity contribution < 1.29 is 12.8 Å². The average Bonchev–Trinajstić information content (AvgIpc) is 3.34. The van der Waals surface area contributed by atoms with Gasteiger partial charge in [0.25, 0.3) is 0 Å². The van der Waals surface area contributed by atoms with Crippen LogP contribution in [0.2, 0.25) is 0 Å². The molecular weight excluding hydrogens is 503 g/mol. The fraction of sp³-hybridized carbons (Fsp3) is 0.357. The highest BCUT2D eigenvalue weighted by Gasteiger charge is 2.25. The van der Waals surface area contributed by atoms with Crippen LogP contribution < -0.4 is 10.2 Å². The Morgan fingerprint density at radius 3 is 2.42 bits per heavy atom. The molecule has 5 rings (SSSR count). The van der Waals surface area contributed by atoms with Crippen LogP contribution in [-0.4, -0.2) is 67.8 Å². The van der Waals surface area contributed by atoms with Gasteiger partial charge in [-0.3, -0.25) is 0 Å². The Balaban J connectivity index is 1.44. The molecule has 10 heteroatoms. The lowest BCUT2D eigenvalue weighted by Crippen LogP contribution is -2.40. The molecule has 3 aromatic rings. The van der Waals surface area contributed by atoms with Gasteiger partial charge in [-0.25, -0.2) is 17.5 Å². The highest BCUT2D eigenvalue weighted by Crippen LogP contribution is 2.31. The van der Waals surface area contributed by atoms with E-state index in [0.29, 0.717) is 36.7 Å². The predicted molar refractivity (Wildman–Crippen MR) is 148 cm³/mol. The molecule has 1 saturated heterocycles. The number of halogens is 1. The number of hydrogen-bond donors (Lipinski definition) is 1. The van der Waals surface area contributed by atoms with E-state index in [-0.39, 0.29) is 22.5 Å². The summed E-state index contributed by atoms with van der Waals surface area (Å²) < 4.78 is 39.9. The van der Waals surface area contributed by atoms with E-state index in [1.165, 1.54) is 12.1 Å². The molecule has 2 aromatic carbocycles. The van der Waals surface area contributed by atoms with E-state index in [4.69, 9.17) is 10.4 Å². The minimum absolute atomic E-state index is 0.00644. The molecule has 1 atom stereocenters. The lowest BCUT2D eigenvalue weighted by Gasteiger charge is -2.33. The van der Waals surface area contributed by atoms with Gasteiger partial charge in [-0.2, -0.15) is 5.26 Å². The number of benzene rings is 2. The van der Waals surface area contributed by atoms with Crippen molar-refractivity contribution in [2.24, 2.45) is 5.41 Å². The predicted octanol–water partition coefficient (Wildman–Crippen LogP) is 4.05. The Morgan fingerprint density at radius 2 is 1.79 bits per heavy atom. The summed E-state index contributed by atoms with van der Waals surface area (Å²) in [5.41, 5.74) is 3.02. The van der Waals surface area contributed by atoms with Gasteiger partial charge in [-0.05, 0) is 49.0 Å². The van der Waals surface area contributed by atoms with Gasteiger partial charge in [0.05, 0.1) is 28.5 Å². The van der Waals surface area contributed by atoms with Gasteiger partial charge in [0.1, 0.15) is 17.7 Å². The Labute approximate surface area is 222 Å². The Bertz CT molecular complexity index is 1500. The molecule has 3 heterocycles. The topological polar surface area (TPSA) is 94.3 Å². The highest BCUT2D eigenvalue weighted by atomic mass is 32.2. The quantitative estimate of drug-likeness (QED) is 0.510.